The minimum absolute atomic E-state index is 0.0752. The highest BCUT2D eigenvalue weighted by molar-refractivity contribution is 5.20. The summed E-state index contributed by atoms with van der Waals surface area (Å²) >= 11 is 0. The molecule has 0 aliphatic heterocycles. The first-order valence-corrected chi connectivity index (χ1v) is 7.14. The molecule has 1 aliphatic carbocycles. The molecule has 0 aromatic heterocycles. The molecular formula is C16H22F2O2. The van der Waals surface area contributed by atoms with E-state index in [4.69, 9.17) is 4.74 Å². The Morgan fingerprint density at radius 2 is 2.00 bits per heavy atom. The van der Waals surface area contributed by atoms with Crippen LogP contribution < -0.4 is 0 Å². The zero-order valence-electron chi connectivity index (χ0n) is 12.0. The van der Waals surface area contributed by atoms with Gasteiger partial charge in [-0.2, -0.15) is 0 Å². The number of rotatable bonds is 4. The van der Waals surface area contributed by atoms with Crippen molar-refractivity contribution in [1.82, 2.24) is 0 Å². The van der Waals surface area contributed by atoms with E-state index in [0.29, 0.717) is 5.92 Å². The monoisotopic (exact) mass is 284 g/mol. The van der Waals surface area contributed by atoms with E-state index in [2.05, 4.69) is 6.92 Å². The summed E-state index contributed by atoms with van der Waals surface area (Å²) in [5.41, 5.74) is -0.432. The van der Waals surface area contributed by atoms with Crippen molar-refractivity contribution in [2.45, 2.75) is 50.7 Å². The van der Waals surface area contributed by atoms with Crippen LogP contribution in [0.3, 0.4) is 0 Å². The van der Waals surface area contributed by atoms with Gasteiger partial charge in [-0.1, -0.05) is 6.92 Å². The summed E-state index contributed by atoms with van der Waals surface area (Å²) in [5.74, 6) is -0.352. The van der Waals surface area contributed by atoms with Crippen LogP contribution in [-0.4, -0.2) is 23.9 Å². The second-order valence-electron chi connectivity index (χ2n) is 5.91. The number of methoxy groups -OCH3 is 1. The molecule has 1 fully saturated rings. The Hall–Kier alpha value is -1.00. The summed E-state index contributed by atoms with van der Waals surface area (Å²) in [6.07, 6.45) is 2.72. The second kappa shape index (κ2) is 6.19. The Morgan fingerprint density at radius 1 is 1.35 bits per heavy atom. The lowest BCUT2D eigenvalue weighted by molar-refractivity contribution is -0.127. The van der Waals surface area contributed by atoms with Gasteiger partial charge in [0, 0.05) is 13.5 Å². The molecule has 0 radical (unpaired) electrons. The molecule has 1 atom stereocenters. The van der Waals surface area contributed by atoms with Gasteiger partial charge in [-0.05, 0) is 55.4 Å². The third kappa shape index (κ3) is 3.18. The lowest BCUT2D eigenvalue weighted by atomic mass is 9.75. The first-order chi connectivity index (χ1) is 9.47. The van der Waals surface area contributed by atoms with Crippen molar-refractivity contribution >= 4 is 0 Å². The fourth-order valence-corrected chi connectivity index (χ4v) is 3.02. The van der Waals surface area contributed by atoms with E-state index in [9.17, 15) is 13.9 Å². The molecule has 20 heavy (non-hydrogen) atoms. The third-order valence-corrected chi connectivity index (χ3v) is 4.56. The van der Waals surface area contributed by atoms with Crippen LogP contribution >= 0.6 is 0 Å². The lowest BCUT2D eigenvalue weighted by Gasteiger charge is -2.41. The maximum atomic E-state index is 13.7. The van der Waals surface area contributed by atoms with E-state index in [1.165, 1.54) is 0 Å². The smallest absolute Gasteiger partial charge is 0.126 e. The predicted octanol–water partition coefficient (Wildman–Crippen LogP) is 3.46. The molecule has 2 nitrogen and oxygen atoms in total. The molecule has 0 heterocycles. The minimum atomic E-state index is -0.823. The first kappa shape index (κ1) is 15.4. The van der Waals surface area contributed by atoms with Gasteiger partial charge in [-0.3, -0.25) is 0 Å². The molecule has 1 saturated carbocycles. The van der Waals surface area contributed by atoms with Crippen LogP contribution in [0, 0.1) is 17.6 Å². The van der Waals surface area contributed by atoms with E-state index >= 15 is 0 Å². The van der Waals surface area contributed by atoms with E-state index in [0.717, 1.165) is 43.9 Å². The number of hydrogen-bond donors (Lipinski definition) is 1. The minimum Gasteiger partial charge on any atom is -0.390 e. The Kier molecular flexibility index (Phi) is 4.76. The van der Waals surface area contributed by atoms with Crippen molar-refractivity contribution in [3.05, 3.63) is 35.4 Å². The van der Waals surface area contributed by atoms with Crippen LogP contribution in [0.15, 0.2) is 18.2 Å². The molecule has 0 bridgehead atoms. The van der Waals surface area contributed by atoms with Crippen molar-refractivity contribution in [3.63, 3.8) is 0 Å². The van der Waals surface area contributed by atoms with E-state index < -0.39 is 23.3 Å². The standard InChI is InChI=1S/C16H22F2O2/c1-11-5-7-16(20-2,8-6-11)15(19)10-12-9-13(17)3-4-14(12)18/h3-4,9,11,15,19H,5-8,10H2,1-2H3. The third-order valence-electron chi connectivity index (χ3n) is 4.56. The number of ether oxygens (including phenoxy) is 1. The highest BCUT2D eigenvalue weighted by atomic mass is 19.1. The zero-order valence-corrected chi connectivity index (χ0v) is 12.0. The maximum Gasteiger partial charge on any atom is 0.126 e. The summed E-state index contributed by atoms with van der Waals surface area (Å²) in [6.45, 7) is 2.18. The number of aliphatic hydroxyl groups excluding tert-OH is 1. The van der Waals surface area contributed by atoms with Crippen molar-refractivity contribution in [1.29, 1.82) is 0 Å². The Balaban J connectivity index is 2.13. The summed E-state index contributed by atoms with van der Waals surface area (Å²) < 4.78 is 32.4. The summed E-state index contributed by atoms with van der Waals surface area (Å²) in [4.78, 5) is 0. The second-order valence-corrected chi connectivity index (χ2v) is 5.91. The molecule has 1 aromatic rings. The van der Waals surface area contributed by atoms with E-state index in [-0.39, 0.29) is 12.0 Å². The Bertz CT molecular complexity index is 454. The van der Waals surface area contributed by atoms with E-state index in [1.807, 2.05) is 0 Å². The molecule has 1 N–H and O–H groups in total. The van der Waals surface area contributed by atoms with Crippen LogP contribution in [0.25, 0.3) is 0 Å². The molecule has 112 valence electrons. The molecule has 1 aliphatic rings. The average molecular weight is 284 g/mol. The van der Waals surface area contributed by atoms with Crippen LogP contribution in [0.2, 0.25) is 0 Å². The van der Waals surface area contributed by atoms with E-state index in [1.54, 1.807) is 7.11 Å². The van der Waals surface area contributed by atoms with Gasteiger partial charge in [0.15, 0.2) is 0 Å². The van der Waals surface area contributed by atoms with Gasteiger partial charge in [0.1, 0.15) is 11.6 Å². The topological polar surface area (TPSA) is 29.5 Å². The largest absolute Gasteiger partial charge is 0.390 e. The SMILES string of the molecule is COC1(C(O)Cc2cc(F)ccc2F)CCC(C)CC1. The van der Waals surface area contributed by atoms with Gasteiger partial charge in [0.05, 0.1) is 11.7 Å². The van der Waals surface area contributed by atoms with Crippen LogP contribution in [0.5, 0.6) is 0 Å². The van der Waals surface area contributed by atoms with Crippen LogP contribution in [0.1, 0.15) is 38.2 Å². The number of benzene rings is 1. The molecule has 1 aromatic carbocycles. The van der Waals surface area contributed by atoms with Gasteiger partial charge in [-0.25, -0.2) is 8.78 Å². The quantitative estimate of drug-likeness (QED) is 0.917. The Labute approximate surface area is 118 Å². The molecule has 0 saturated heterocycles. The van der Waals surface area contributed by atoms with Crippen LogP contribution in [0.4, 0.5) is 8.78 Å². The molecule has 0 spiro atoms. The normalized spacial score (nSPS) is 28.4. The van der Waals surface area contributed by atoms with Crippen molar-refractivity contribution in [2.75, 3.05) is 7.11 Å². The Morgan fingerprint density at radius 3 is 2.60 bits per heavy atom. The molecule has 4 heteroatoms. The highest BCUT2D eigenvalue weighted by Gasteiger charge is 2.40. The van der Waals surface area contributed by atoms with Crippen LogP contribution in [-0.2, 0) is 11.2 Å². The number of aliphatic hydroxyl groups is 1. The maximum absolute atomic E-state index is 13.7. The molecule has 0 amide bonds. The van der Waals surface area contributed by atoms with Gasteiger partial charge in [-0.15, -0.1) is 0 Å². The van der Waals surface area contributed by atoms with Crippen molar-refractivity contribution in [2.24, 2.45) is 5.92 Å². The summed E-state index contributed by atoms with van der Waals surface area (Å²) in [6, 6.07) is 3.33. The van der Waals surface area contributed by atoms with Gasteiger partial charge in [0.2, 0.25) is 0 Å². The highest BCUT2D eigenvalue weighted by Crippen LogP contribution is 2.38. The van der Waals surface area contributed by atoms with Crippen molar-refractivity contribution < 1.29 is 18.6 Å². The number of hydrogen-bond acceptors (Lipinski definition) is 2. The number of halogens is 2. The first-order valence-electron chi connectivity index (χ1n) is 7.14. The zero-order chi connectivity index (χ0) is 14.8. The van der Waals surface area contributed by atoms with Crippen molar-refractivity contribution in [3.8, 4) is 0 Å². The predicted molar refractivity (Wildman–Crippen MR) is 73.4 cm³/mol. The fourth-order valence-electron chi connectivity index (χ4n) is 3.02. The van der Waals surface area contributed by atoms with Gasteiger partial charge in [0.25, 0.3) is 0 Å². The lowest BCUT2D eigenvalue weighted by Crippen LogP contribution is -2.48. The fraction of sp³-hybridized carbons (Fsp3) is 0.625. The molecular weight excluding hydrogens is 262 g/mol. The summed E-state index contributed by atoms with van der Waals surface area (Å²) in [7, 11) is 1.58. The average Bonchev–Trinajstić information content (AvgIpc) is 2.44. The summed E-state index contributed by atoms with van der Waals surface area (Å²) in [5, 5.41) is 10.5. The molecule has 2 rings (SSSR count). The molecule has 1 unspecified atom stereocenters. The van der Waals surface area contributed by atoms with Gasteiger partial charge < -0.3 is 9.84 Å². The van der Waals surface area contributed by atoms with Gasteiger partial charge >= 0.3 is 0 Å².